The lowest BCUT2D eigenvalue weighted by atomic mass is 9.93. The highest BCUT2D eigenvalue weighted by Gasteiger charge is 2.44. The fraction of sp³-hybridized carbons (Fsp3) is 0.750. The Balaban J connectivity index is 0.00000225. The number of halogens is 1. The molecule has 4 heteroatoms. The van der Waals surface area contributed by atoms with Crippen LogP contribution in [0.5, 0.6) is 0 Å². The van der Waals surface area contributed by atoms with Gasteiger partial charge in [-0.2, -0.15) is 0 Å². The molecule has 3 nitrogen and oxygen atoms in total. The predicted octanol–water partition coefficient (Wildman–Crippen LogP) is 2.52. The van der Waals surface area contributed by atoms with Gasteiger partial charge in [0.05, 0.1) is 0 Å². The number of rotatable bonds is 5. The molecule has 1 fully saturated rings. The van der Waals surface area contributed by atoms with Crippen LogP contribution in [0, 0.1) is 11.3 Å². The van der Waals surface area contributed by atoms with Crippen LogP contribution in [-0.4, -0.2) is 19.0 Å². The van der Waals surface area contributed by atoms with Crippen molar-refractivity contribution in [3.63, 3.8) is 0 Å². The van der Waals surface area contributed by atoms with Gasteiger partial charge in [-0.25, -0.2) is 0 Å². The molecule has 1 aliphatic carbocycles. The Morgan fingerprint density at radius 2 is 2.06 bits per heavy atom. The van der Waals surface area contributed by atoms with Crippen molar-refractivity contribution in [2.75, 3.05) is 13.1 Å². The van der Waals surface area contributed by atoms with Gasteiger partial charge in [0.2, 0.25) is 0 Å². The molecule has 0 aromatic carbocycles. The Kier molecular flexibility index (Phi) is 6.36. The Morgan fingerprint density at radius 3 is 2.44 bits per heavy atom. The van der Waals surface area contributed by atoms with E-state index in [2.05, 4.69) is 30.7 Å². The molecule has 0 heterocycles. The Labute approximate surface area is 116 Å². The first-order valence-corrected chi connectivity index (χ1v) is 5.64. The van der Waals surface area contributed by atoms with E-state index in [4.69, 9.17) is 5.73 Å². The molecular formula is C12H24IN3. The zero-order chi connectivity index (χ0) is 11.5. The van der Waals surface area contributed by atoms with Crippen LogP contribution < -0.4 is 11.1 Å². The summed E-state index contributed by atoms with van der Waals surface area (Å²) in [6.45, 7) is 11.9. The average molecular weight is 337 g/mol. The number of nitrogens with zero attached hydrogens (tertiary/aromatic N) is 1. The van der Waals surface area contributed by atoms with Gasteiger partial charge >= 0.3 is 0 Å². The van der Waals surface area contributed by atoms with Gasteiger partial charge in [0.1, 0.15) is 0 Å². The average Bonchev–Trinajstić information content (AvgIpc) is 2.92. The van der Waals surface area contributed by atoms with Crippen LogP contribution in [0.15, 0.2) is 17.1 Å². The summed E-state index contributed by atoms with van der Waals surface area (Å²) < 4.78 is 0. The van der Waals surface area contributed by atoms with Crippen molar-refractivity contribution < 1.29 is 0 Å². The first-order chi connectivity index (χ1) is 6.96. The van der Waals surface area contributed by atoms with E-state index >= 15 is 0 Å². The first-order valence-electron chi connectivity index (χ1n) is 5.64. The van der Waals surface area contributed by atoms with Gasteiger partial charge < -0.3 is 11.1 Å². The van der Waals surface area contributed by atoms with Crippen molar-refractivity contribution in [1.82, 2.24) is 5.32 Å². The molecule has 0 radical (unpaired) electrons. The van der Waals surface area contributed by atoms with E-state index in [0.717, 1.165) is 12.1 Å². The van der Waals surface area contributed by atoms with Crippen LogP contribution in [0.2, 0.25) is 0 Å². The smallest absolute Gasteiger partial charge is 0.188 e. The summed E-state index contributed by atoms with van der Waals surface area (Å²) in [4.78, 5) is 4.39. The third-order valence-corrected chi connectivity index (χ3v) is 3.25. The lowest BCUT2D eigenvalue weighted by molar-refractivity contribution is 0.370. The van der Waals surface area contributed by atoms with E-state index in [9.17, 15) is 0 Å². The van der Waals surface area contributed by atoms with Crippen molar-refractivity contribution in [3.05, 3.63) is 12.2 Å². The van der Waals surface area contributed by atoms with Crippen LogP contribution in [-0.2, 0) is 0 Å². The minimum Gasteiger partial charge on any atom is -0.370 e. The molecule has 1 saturated carbocycles. The summed E-state index contributed by atoms with van der Waals surface area (Å²) in [5.74, 6) is 1.25. The van der Waals surface area contributed by atoms with Gasteiger partial charge in [0, 0.05) is 13.1 Å². The highest BCUT2D eigenvalue weighted by Crippen LogP contribution is 2.51. The van der Waals surface area contributed by atoms with Crippen LogP contribution >= 0.6 is 24.0 Å². The zero-order valence-corrected chi connectivity index (χ0v) is 12.9. The molecule has 16 heavy (non-hydrogen) atoms. The topological polar surface area (TPSA) is 50.4 Å². The predicted molar refractivity (Wildman–Crippen MR) is 81.2 cm³/mol. The van der Waals surface area contributed by atoms with Gasteiger partial charge in [-0.3, -0.25) is 4.99 Å². The molecule has 0 spiro atoms. The normalized spacial score (nSPS) is 17.9. The number of hydrogen-bond acceptors (Lipinski definition) is 1. The molecule has 0 aliphatic heterocycles. The van der Waals surface area contributed by atoms with Crippen molar-refractivity contribution in [3.8, 4) is 0 Å². The second-order valence-corrected chi connectivity index (χ2v) is 5.03. The summed E-state index contributed by atoms with van der Waals surface area (Å²) >= 11 is 0. The second kappa shape index (κ2) is 6.47. The monoisotopic (exact) mass is 337 g/mol. The highest BCUT2D eigenvalue weighted by molar-refractivity contribution is 14.0. The SMILES string of the molecule is C=C(C)CNC(N)=NCC1(C(C)C)CC1.I. The van der Waals surface area contributed by atoms with Crippen molar-refractivity contribution in [2.24, 2.45) is 22.1 Å². The third kappa shape index (κ3) is 4.72. The molecular weight excluding hydrogens is 313 g/mol. The number of aliphatic imine (C=N–C) groups is 1. The van der Waals surface area contributed by atoms with E-state index < -0.39 is 0 Å². The number of hydrogen-bond donors (Lipinski definition) is 2. The quantitative estimate of drug-likeness (QED) is 0.351. The van der Waals surface area contributed by atoms with E-state index in [1.165, 1.54) is 12.8 Å². The minimum atomic E-state index is 0. The summed E-state index contributed by atoms with van der Waals surface area (Å²) in [5.41, 5.74) is 7.26. The molecule has 1 rings (SSSR count). The lowest BCUT2D eigenvalue weighted by Gasteiger charge is -2.17. The van der Waals surface area contributed by atoms with Crippen LogP contribution in [0.1, 0.15) is 33.6 Å². The largest absolute Gasteiger partial charge is 0.370 e. The second-order valence-electron chi connectivity index (χ2n) is 5.03. The van der Waals surface area contributed by atoms with Crippen molar-refractivity contribution in [2.45, 2.75) is 33.6 Å². The summed E-state index contributed by atoms with van der Waals surface area (Å²) in [5, 5.41) is 3.05. The molecule has 94 valence electrons. The Bertz CT molecular complexity index is 267. The van der Waals surface area contributed by atoms with E-state index in [0.29, 0.717) is 23.8 Å². The standard InChI is InChI=1S/C12H23N3.HI/c1-9(2)7-14-11(13)15-8-12(5-6-12)10(3)4;/h10H,1,5-8H2,2-4H3,(H3,13,14,15);1H. The molecule has 1 aliphatic rings. The molecule has 0 amide bonds. The van der Waals surface area contributed by atoms with Crippen LogP contribution in [0.4, 0.5) is 0 Å². The summed E-state index contributed by atoms with van der Waals surface area (Å²) in [6, 6.07) is 0. The fourth-order valence-electron chi connectivity index (χ4n) is 1.62. The van der Waals surface area contributed by atoms with Gasteiger partial charge in [-0.15, -0.1) is 24.0 Å². The summed E-state index contributed by atoms with van der Waals surface area (Å²) in [6.07, 6.45) is 2.59. The fourth-order valence-corrected chi connectivity index (χ4v) is 1.62. The van der Waals surface area contributed by atoms with Gasteiger partial charge in [0.25, 0.3) is 0 Å². The van der Waals surface area contributed by atoms with E-state index in [1.807, 2.05) is 6.92 Å². The van der Waals surface area contributed by atoms with E-state index in [1.54, 1.807) is 0 Å². The maximum absolute atomic E-state index is 5.75. The van der Waals surface area contributed by atoms with Gasteiger partial charge in [-0.1, -0.05) is 26.0 Å². The molecule has 0 aromatic heterocycles. The van der Waals surface area contributed by atoms with Crippen LogP contribution in [0.3, 0.4) is 0 Å². The van der Waals surface area contributed by atoms with Crippen molar-refractivity contribution in [1.29, 1.82) is 0 Å². The Hall–Kier alpha value is -0.260. The minimum absolute atomic E-state index is 0. The first kappa shape index (κ1) is 15.7. The molecule has 0 unspecified atom stereocenters. The molecule has 0 saturated heterocycles. The maximum Gasteiger partial charge on any atom is 0.188 e. The number of nitrogens with two attached hydrogens (primary N) is 1. The Morgan fingerprint density at radius 1 is 1.50 bits per heavy atom. The van der Waals surface area contributed by atoms with Gasteiger partial charge in [-0.05, 0) is 31.1 Å². The van der Waals surface area contributed by atoms with Crippen LogP contribution in [0.25, 0.3) is 0 Å². The lowest BCUT2D eigenvalue weighted by Crippen LogP contribution is -2.33. The maximum atomic E-state index is 5.75. The van der Waals surface area contributed by atoms with Crippen molar-refractivity contribution >= 4 is 29.9 Å². The molecule has 0 aromatic rings. The van der Waals surface area contributed by atoms with E-state index in [-0.39, 0.29) is 24.0 Å². The zero-order valence-electron chi connectivity index (χ0n) is 10.5. The molecule has 3 N–H and O–H groups in total. The molecule has 0 bridgehead atoms. The molecule has 0 atom stereocenters. The number of guanidine groups is 1. The summed E-state index contributed by atoms with van der Waals surface area (Å²) in [7, 11) is 0. The highest BCUT2D eigenvalue weighted by atomic mass is 127. The number of nitrogens with one attached hydrogen (secondary N) is 1. The van der Waals surface area contributed by atoms with Gasteiger partial charge in [0.15, 0.2) is 5.96 Å². The third-order valence-electron chi connectivity index (χ3n) is 3.25.